The molecule has 0 saturated heterocycles. The number of ether oxygens (including phenoxy) is 1. The first-order valence-electron chi connectivity index (χ1n) is 4.76. The maximum atomic E-state index is 11.3. The minimum Gasteiger partial charge on any atom is -0.459 e. The Morgan fingerprint density at radius 1 is 1.56 bits per heavy atom. The van der Waals surface area contributed by atoms with Crippen molar-refractivity contribution in [1.82, 2.24) is 14.8 Å². The summed E-state index contributed by atoms with van der Waals surface area (Å²) in [6, 6.07) is 0. The average Bonchev–Trinajstić information content (AvgIpc) is 2.83. The van der Waals surface area contributed by atoms with Gasteiger partial charge in [0.2, 0.25) is 5.95 Å². The maximum Gasteiger partial charge on any atom is 0.397 e. The van der Waals surface area contributed by atoms with Crippen molar-refractivity contribution in [2.75, 3.05) is 17.7 Å². The lowest BCUT2D eigenvalue weighted by Crippen LogP contribution is -2.26. The van der Waals surface area contributed by atoms with Gasteiger partial charge in [-0.2, -0.15) is 0 Å². The number of esters is 1. The Labute approximate surface area is 95.6 Å². The van der Waals surface area contributed by atoms with Crippen molar-refractivity contribution < 1.29 is 14.3 Å². The molecular formula is C8H10N4O3S. The third-order valence-electron chi connectivity index (χ3n) is 1.95. The monoisotopic (exact) mass is 242 g/mol. The molecule has 1 N–H and O–H groups in total. The molecule has 0 spiro atoms. The second kappa shape index (κ2) is 4.52. The smallest absolute Gasteiger partial charge is 0.397 e. The minimum absolute atomic E-state index is 0.167. The molecule has 86 valence electrons. The number of aromatic nitrogens is 3. The van der Waals surface area contributed by atoms with Crippen LogP contribution in [-0.4, -0.2) is 39.0 Å². The summed E-state index contributed by atoms with van der Waals surface area (Å²) in [7, 11) is 0. The van der Waals surface area contributed by atoms with Gasteiger partial charge in [0.1, 0.15) is 0 Å². The Kier molecular flexibility index (Phi) is 3.09. The highest BCUT2D eigenvalue weighted by molar-refractivity contribution is 7.99. The van der Waals surface area contributed by atoms with Crippen molar-refractivity contribution in [3.8, 4) is 0 Å². The summed E-state index contributed by atoms with van der Waals surface area (Å²) in [5.41, 5.74) is 0. The molecule has 1 aliphatic rings. The predicted octanol–water partition coefficient (Wildman–Crippen LogP) is -0.115. The van der Waals surface area contributed by atoms with E-state index < -0.39 is 11.9 Å². The first-order valence-corrected chi connectivity index (χ1v) is 5.75. The quantitative estimate of drug-likeness (QED) is 0.575. The fourth-order valence-electron chi connectivity index (χ4n) is 1.27. The number of nitrogens with one attached hydrogen (secondary N) is 1. The number of carbonyl (C=O) groups excluding carboxylic acids is 2. The molecule has 0 bridgehead atoms. The molecule has 1 amide bonds. The van der Waals surface area contributed by atoms with E-state index in [1.54, 1.807) is 23.3 Å². The lowest BCUT2D eigenvalue weighted by atomic mass is 10.6. The maximum absolute atomic E-state index is 11.3. The molecule has 1 aromatic rings. The van der Waals surface area contributed by atoms with E-state index in [1.807, 2.05) is 0 Å². The average molecular weight is 242 g/mol. The van der Waals surface area contributed by atoms with Crippen LogP contribution in [0.5, 0.6) is 0 Å². The highest BCUT2D eigenvalue weighted by atomic mass is 32.2. The number of hydrogen-bond donors (Lipinski definition) is 1. The molecular weight excluding hydrogens is 232 g/mol. The molecule has 16 heavy (non-hydrogen) atoms. The van der Waals surface area contributed by atoms with Crippen molar-refractivity contribution >= 4 is 29.6 Å². The van der Waals surface area contributed by atoms with Crippen LogP contribution in [0.25, 0.3) is 0 Å². The van der Waals surface area contributed by atoms with Crippen LogP contribution in [0.2, 0.25) is 0 Å². The highest BCUT2D eigenvalue weighted by Crippen LogP contribution is 2.26. The minimum atomic E-state index is -0.912. The van der Waals surface area contributed by atoms with E-state index in [1.165, 1.54) is 0 Å². The third-order valence-corrected chi connectivity index (χ3v) is 2.90. The fraction of sp³-hybridized carbons (Fsp3) is 0.500. The van der Waals surface area contributed by atoms with Crippen LogP contribution in [0.15, 0.2) is 5.16 Å². The Bertz CT molecular complexity index is 431. The second-order valence-electron chi connectivity index (χ2n) is 2.98. The summed E-state index contributed by atoms with van der Waals surface area (Å²) in [5.74, 6) is -0.551. The molecule has 0 aromatic carbocycles. The Balaban J connectivity index is 2.04. The van der Waals surface area contributed by atoms with E-state index in [4.69, 9.17) is 0 Å². The second-order valence-corrected chi connectivity index (χ2v) is 4.04. The van der Waals surface area contributed by atoms with Gasteiger partial charge in [-0.1, -0.05) is 11.8 Å². The van der Waals surface area contributed by atoms with Gasteiger partial charge in [0.05, 0.1) is 6.61 Å². The molecule has 0 unspecified atom stereocenters. The lowest BCUT2D eigenvalue weighted by molar-refractivity contribution is -0.152. The zero-order valence-electron chi connectivity index (χ0n) is 8.60. The molecule has 0 saturated carbocycles. The van der Waals surface area contributed by atoms with Gasteiger partial charge in [0, 0.05) is 12.3 Å². The van der Waals surface area contributed by atoms with Crippen LogP contribution in [-0.2, 0) is 20.9 Å². The fourth-order valence-corrected chi connectivity index (χ4v) is 2.16. The van der Waals surface area contributed by atoms with Crippen LogP contribution in [0.1, 0.15) is 6.92 Å². The van der Waals surface area contributed by atoms with Crippen LogP contribution < -0.4 is 5.32 Å². The van der Waals surface area contributed by atoms with Crippen LogP contribution >= 0.6 is 11.8 Å². The van der Waals surface area contributed by atoms with Crippen LogP contribution in [0.4, 0.5) is 5.95 Å². The number of hydrogen-bond acceptors (Lipinski definition) is 6. The highest BCUT2D eigenvalue weighted by Gasteiger charge is 2.22. The molecule has 0 radical (unpaired) electrons. The van der Waals surface area contributed by atoms with E-state index in [2.05, 4.69) is 20.3 Å². The summed E-state index contributed by atoms with van der Waals surface area (Å²) in [4.78, 5) is 22.4. The molecule has 0 atom stereocenters. The molecule has 7 nitrogen and oxygen atoms in total. The number of thioether (sulfide) groups is 1. The summed E-state index contributed by atoms with van der Waals surface area (Å²) < 4.78 is 6.31. The number of rotatable bonds is 2. The molecule has 2 rings (SSSR count). The van der Waals surface area contributed by atoms with Gasteiger partial charge < -0.3 is 4.74 Å². The molecule has 1 aliphatic heterocycles. The molecule has 1 aromatic heterocycles. The number of amides is 1. The third kappa shape index (κ3) is 2.01. The van der Waals surface area contributed by atoms with Gasteiger partial charge in [0.25, 0.3) is 0 Å². The first kappa shape index (κ1) is 10.9. The van der Waals surface area contributed by atoms with Gasteiger partial charge in [-0.25, -0.2) is 4.79 Å². The van der Waals surface area contributed by atoms with Crippen LogP contribution in [0.3, 0.4) is 0 Å². The van der Waals surface area contributed by atoms with Gasteiger partial charge in [-0.15, -0.1) is 10.2 Å². The Hall–Kier alpha value is -1.57. The topological polar surface area (TPSA) is 86.1 Å². The van der Waals surface area contributed by atoms with Crippen molar-refractivity contribution in [3.05, 3.63) is 0 Å². The predicted molar refractivity (Wildman–Crippen MR) is 56.0 cm³/mol. The van der Waals surface area contributed by atoms with Crippen molar-refractivity contribution in [3.63, 3.8) is 0 Å². The summed E-state index contributed by atoms with van der Waals surface area (Å²) in [6.45, 7) is 2.53. The van der Waals surface area contributed by atoms with Crippen LogP contribution in [0, 0.1) is 0 Å². The number of carbonyl (C=O) groups is 2. The number of fused-ring (bicyclic) bond motifs is 1. The SMILES string of the molecule is CCOC(=O)C(=O)Nc1nnc2n1CCS2. The van der Waals surface area contributed by atoms with E-state index >= 15 is 0 Å². The van der Waals surface area contributed by atoms with E-state index in [9.17, 15) is 9.59 Å². The van der Waals surface area contributed by atoms with E-state index in [0.717, 1.165) is 17.5 Å². The number of anilines is 1. The first-order chi connectivity index (χ1) is 7.72. The Morgan fingerprint density at radius 3 is 3.12 bits per heavy atom. The summed E-state index contributed by atoms with van der Waals surface area (Å²) in [6.07, 6.45) is 0. The van der Waals surface area contributed by atoms with Gasteiger partial charge in [-0.05, 0) is 6.92 Å². The van der Waals surface area contributed by atoms with E-state index in [-0.39, 0.29) is 12.6 Å². The largest absolute Gasteiger partial charge is 0.459 e. The van der Waals surface area contributed by atoms with Gasteiger partial charge in [-0.3, -0.25) is 14.7 Å². The van der Waals surface area contributed by atoms with Crippen molar-refractivity contribution in [2.45, 2.75) is 18.6 Å². The van der Waals surface area contributed by atoms with Crippen molar-refractivity contribution in [2.24, 2.45) is 0 Å². The molecule has 2 heterocycles. The van der Waals surface area contributed by atoms with Gasteiger partial charge in [0.15, 0.2) is 5.16 Å². The van der Waals surface area contributed by atoms with E-state index in [0.29, 0.717) is 0 Å². The number of nitrogens with zero attached hydrogens (tertiary/aromatic N) is 3. The molecule has 0 aliphatic carbocycles. The standard InChI is InChI=1S/C8H10N4O3S/c1-2-15-6(14)5(13)9-7-10-11-8-12(7)3-4-16-8/h2-4H2,1H3,(H,9,10,13). The molecule has 8 heteroatoms. The summed E-state index contributed by atoms with van der Waals surface area (Å²) in [5, 5.41) is 10.8. The van der Waals surface area contributed by atoms with Gasteiger partial charge >= 0.3 is 11.9 Å². The normalized spacial score (nSPS) is 13.3. The zero-order chi connectivity index (χ0) is 11.5. The summed E-state index contributed by atoms with van der Waals surface area (Å²) >= 11 is 1.56. The van der Waals surface area contributed by atoms with Crippen molar-refractivity contribution in [1.29, 1.82) is 0 Å². The lowest BCUT2D eigenvalue weighted by Gasteiger charge is -2.03. The zero-order valence-corrected chi connectivity index (χ0v) is 9.41. The Morgan fingerprint density at radius 2 is 2.38 bits per heavy atom. The molecule has 0 fully saturated rings.